The Balaban J connectivity index is 0.00000405. The summed E-state index contributed by atoms with van der Waals surface area (Å²) in [6.07, 6.45) is 8.87. The van der Waals surface area contributed by atoms with Gasteiger partial charge in [-0.2, -0.15) is 5.70 Å². The molecule has 0 saturated carbocycles. The average Bonchev–Trinajstić information content (AvgIpc) is 1.52. The maximum absolute atomic E-state index is 15.1. The molecule has 690 valence electrons. The van der Waals surface area contributed by atoms with Crippen molar-refractivity contribution >= 4 is 121 Å². The summed E-state index contributed by atoms with van der Waals surface area (Å²) in [7, 11) is 7.86. The summed E-state index contributed by atoms with van der Waals surface area (Å²) in [5, 5.41) is 43.1. The number of aliphatic carboxylic acids is 1. The Morgan fingerprint density at radius 1 is 0.589 bits per heavy atom. The number of rotatable bonds is 36. The van der Waals surface area contributed by atoms with Crippen molar-refractivity contribution in [1.29, 1.82) is 10.5 Å². The number of fused-ring (bicyclic) bond motifs is 14. The number of hydrogen-bond donors (Lipinski definition) is 5. The fourth-order valence-corrected chi connectivity index (χ4v) is 19.7. The molecular weight excluding hydrogens is 1690 g/mol. The standard InChI is InChI=1S/C94H121N13O17.2CN.Co/c1-21-58-51(3)66-43-67-54(6)61(26-31-78(110)111)73(99-67)46-72-60(53(5)69(100-72)45-71-59(22-2)52(4)68(98-71)44-70(58)97-66)25-30-76(108)96-38-40-124-41-39-107-50-57(105-106-107)24-23-37-95-77(109)48-92(12)62(27-32-79(112)118-15)74-47-75-90(9,10)63(28-33-80(113)119-16)85(102-75)55(7)87-91(11,36-35-82(115)121-18)65(42-83(116)122-19)89(103-87)94(14)93(13,49-84(117)123-20)64(29-34-81(114)120-17)86(104-94)56(8)88(92)101-74;2*1-2;/h21-22,43-47,50,62-65,89H,1-2,23-42,48-49H2,3-20H3,(H6,95,96,97,98,99,100,101,102,103,104,105,106,108,109,110,111);;;/q;2*-1;+3/p-1/t62-,63-,64-,65+,89?,91-,92+,93+,94+;;;/m1.../s1. The van der Waals surface area contributed by atoms with Crippen molar-refractivity contribution in [2.75, 3.05) is 69.0 Å². The van der Waals surface area contributed by atoms with E-state index in [1.54, 1.807) is 10.8 Å². The SMILES string of the molecule is C=CC1=C(C)c2cc3[nH]c(cc4nc(cc5[nH]c(cc1n2)c(C)c5CCC(=O)NCCOCCn1cc(CCCNC(=O)C[C@]2(C)/C5=C(\C)C6=N[C@@](C)(C7[N-]/C(=C(/C)C8=N/C(=C\C(=N5)[C@H]2CCC(=O)OC)C(C)(C)[C@@H]8CCC(=O)OC)[C@](C)(CCC(=O)OC)[C@H]7CC(=O)OC)[C@@](C)(CC(=O)OC)[C@@H]6CCC(=O)OC)nn1)C(CCC(=O)O)=C4C)c(C)c3C=C.[C-]#N.[C-]#N.[Co+3]. The van der Waals surface area contributed by atoms with Crippen LogP contribution in [0.2, 0.25) is 0 Å². The van der Waals surface area contributed by atoms with Gasteiger partial charge in [0.15, 0.2) is 0 Å². The van der Waals surface area contributed by atoms with E-state index in [0.29, 0.717) is 88.3 Å². The van der Waals surface area contributed by atoms with Gasteiger partial charge in [0.05, 0.1) is 109 Å². The number of hydrogen-bond acceptors (Lipinski definition) is 25. The summed E-state index contributed by atoms with van der Waals surface area (Å²) in [5.74, 6) is -7.16. The van der Waals surface area contributed by atoms with Gasteiger partial charge in [0.2, 0.25) is 11.8 Å². The normalized spacial score (nSPS) is 23.7. The molecule has 9 atom stereocenters. The number of amides is 2. The van der Waals surface area contributed by atoms with E-state index in [0.717, 1.165) is 78.0 Å². The molecule has 33 heteroatoms. The molecule has 32 nitrogen and oxygen atoms in total. The largest absolute Gasteiger partial charge is 3.00 e. The first-order valence-electron chi connectivity index (χ1n) is 43.0. The van der Waals surface area contributed by atoms with Gasteiger partial charge < -0.3 is 87.9 Å². The Bertz CT molecular complexity index is 5530. The number of allylic oxidation sites excluding steroid dienone is 11. The summed E-state index contributed by atoms with van der Waals surface area (Å²) >= 11 is 0. The number of methoxy groups -OCH3 is 6. The van der Waals surface area contributed by atoms with E-state index in [9.17, 15) is 43.5 Å². The number of carbonyl (C=O) groups excluding carboxylic acids is 8. The molecule has 11 rings (SSSR count). The molecule has 7 aliphatic heterocycles. The first-order chi connectivity index (χ1) is 60.9. The second kappa shape index (κ2) is 43.8. The third-order valence-corrected chi connectivity index (χ3v) is 27.3. The number of carboxylic acid groups (broad SMARTS) is 1. The molecule has 4 aromatic rings. The van der Waals surface area contributed by atoms with Crippen LogP contribution in [0.5, 0.6) is 0 Å². The van der Waals surface area contributed by atoms with Gasteiger partial charge in [-0.05, 0) is 186 Å². The molecule has 2 amide bonds. The monoisotopic (exact) mass is 1810 g/mol. The number of ether oxygens (including phenoxy) is 7. The van der Waals surface area contributed by atoms with Crippen LogP contribution in [0.3, 0.4) is 0 Å². The number of aliphatic imine (C=N–C) groups is 3. The van der Waals surface area contributed by atoms with Crippen molar-refractivity contribution in [2.24, 2.45) is 60.3 Å². The van der Waals surface area contributed by atoms with Crippen molar-refractivity contribution < 1.29 is 98.2 Å². The van der Waals surface area contributed by atoms with Gasteiger partial charge in [-0.1, -0.05) is 71.2 Å². The van der Waals surface area contributed by atoms with Gasteiger partial charge in [-0.3, -0.25) is 58.1 Å². The molecular formula is C96H120CoN15O17. The zero-order chi connectivity index (χ0) is 94.2. The molecule has 1 fully saturated rings. The Kier molecular flexibility index (Phi) is 34.8. The third kappa shape index (κ3) is 21.6. The number of H-pyrrole nitrogens is 2. The molecule has 5 N–H and O–H groups in total. The molecule has 4 aromatic heterocycles. The molecule has 1 saturated heterocycles. The maximum atomic E-state index is 15.1. The summed E-state index contributed by atoms with van der Waals surface area (Å²) in [6, 6.07) is 6.99. The quantitative estimate of drug-likeness (QED) is 0.0122. The first kappa shape index (κ1) is 102. The second-order valence-corrected chi connectivity index (χ2v) is 34.8. The van der Waals surface area contributed by atoms with Crippen LogP contribution in [0.4, 0.5) is 0 Å². The average molecular weight is 1820 g/mol. The topological polar surface area (TPSA) is 449 Å². The fourth-order valence-electron chi connectivity index (χ4n) is 19.7. The van der Waals surface area contributed by atoms with Crippen LogP contribution in [-0.4, -0.2) is 191 Å². The van der Waals surface area contributed by atoms with Crippen molar-refractivity contribution in [3.8, 4) is 0 Å². The molecule has 129 heavy (non-hydrogen) atoms. The van der Waals surface area contributed by atoms with Gasteiger partial charge in [0.1, 0.15) is 0 Å². The zero-order valence-electron chi connectivity index (χ0n) is 77.2. The van der Waals surface area contributed by atoms with E-state index in [2.05, 4.69) is 44.1 Å². The number of aromatic nitrogens is 7. The van der Waals surface area contributed by atoms with Crippen molar-refractivity contribution in [3.05, 3.63) is 153 Å². The summed E-state index contributed by atoms with van der Waals surface area (Å²) in [6.45, 7) is 42.7. The Labute approximate surface area is 764 Å². The van der Waals surface area contributed by atoms with E-state index in [1.807, 2.05) is 126 Å². The molecule has 1 unspecified atom stereocenters. The zero-order valence-corrected chi connectivity index (χ0v) is 78.2. The summed E-state index contributed by atoms with van der Waals surface area (Å²) < 4.78 is 39.7. The third-order valence-electron chi connectivity index (χ3n) is 27.3. The maximum Gasteiger partial charge on any atom is 3.00 e. The fraction of sp³-hybridized carbons (Fsp3) is 0.521. The number of nitrogens with zero attached hydrogens (tertiary/aromatic N) is 11. The van der Waals surface area contributed by atoms with Crippen molar-refractivity contribution in [1.82, 2.24) is 45.6 Å². The molecule has 16 bridgehead atoms. The minimum atomic E-state index is -1.46. The van der Waals surface area contributed by atoms with Gasteiger partial charge in [-0.15, -0.1) is 5.10 Å². The number of aromatic amines is 2. The molecule has 11 heterocycles. The van der Waals surface area contributed by atoms with Gasteiger partial charge in [0, 0.05) is 161 Å². The van der Waals surface area contributed by atoms with Gasteiger partial charge in [0.25, 0.3) is 0 Å². The predicted octanol–water partition coefficient (Wildman–Crippen LogP) is 14.2. The van der Waals surface area contributed by atoms with E-state index >= 15 is 4.79 Å². The smallest absolute Gasteiger partial charge is 0.682 e. The van der Waals surface area contributed by atoms with E-state index in [4.69, 9.17) is 87.1 Å². The molecule has 0 spiro atoms. The number of carboxylic acids is 1. The molecule has 7 aliphatic rings. The van der Waals surface area contributed by atoms with E-state index in [-0.39, 0.29) is 145 Å². The molecule has 0 aromatic carbocycles. The van der Waals surface area contributed by atoms with Crippen LogP contribution in [-0.2, 0) is 112 Å². The number of aryl methyl sites for hydroxylation is 4. The van der Waals surface area contributed by atoms with Crippen LogP contribution < -0.4 is 10.6 Å². The van der Waals surface area contributed by atoms with E-state index < -0.39 is 98.7 Å². The molecule has 0 aliphatic carbocycles. The van der Waals surface area contributed by atoms with Crippen LogP contribution in [0.15, 0.2) is 99.0 Å². The number of esters is 6. The Morgan fingerprint density at radius 3 is 1.79 bits per heavy atom. The predicted molar refractivity (Wildman–Crippen MR) is 482 cm³/mol. The van der Waals surface area contributed by atoms with Crippen LogP contribution in [0.1, 0.15) is 216 Å². The van der Waals surface area contributed by atoms with Crippen molar-refractivity contribution in [2.45, 2.75) is 210 Å². The van der Waals surface area contributed by atoms with Crippen LogP contribution in [0.25, 0.3) is 55.8 Å². The number of nitrogens with one attached hydrogen (secondary N) is 4. The van der Waals surface area contributed by atoms with E-state index in [1.165, 1.54) is 42.7 Å². The molecule has 0 radical (unpaired) electrons. The Hall–Kier alpha value is -12.1. The minimum absolute atomic E-state index is 0. The van der Waals surface area contributed by atoms with Crippen LogP contribution >= 0.6 is 0 Å². The first-order valence-corrected chi connectivity index (χ1v) is 43.0. The Morgan fingerprint density at radius 2 is 1.16 bits per heavy atom. The van der Waals surface area contributed by atoms with Crippen molar-refractivity contribution in [3.63, 3.8) is 0 Å². The van der Waals surface area contributed by atoms with Gasteiger partial charge in [-0.25, -0.2) is 14.6 Å². The number of carbonyl (C=O) groups is 9. The summed E-state index contributed by atoms with van der Waals surface area (Å²) in [4.78, 5) is 158. The summed E-state index contributed by atoms with van der Waals surface area (Å²) in [5.41, 5.74) is 12.4. The van der Waals surface area contributed by atoms with Crippen LogP contribution in [0, 0.1) is 82.8 Å². The second-order valence-electron chi connectivity index (χ2n) is 34.8. The van der Waals surface area contributed by atoms with Gasteiger partial charge >= 0.3 is 58.6 Å². The minimum Gasteiger partial charge on any atom is -0.682 e.